The largest absolute Gasteiger partial charge is 0.261 e. The van der Waals surface area contributed by atoms with Crippen molar-refractivity contribution in [3.05, 3.63) is 67.1 Å². The van der Waals surface area contributed by atoms with Gasteiger partial charge in [0.25, 0.3) is 0 Å². The zero-order valence-electron chi connectivity index (χ0n) is 7.80. The monoisotopic (exact) mass is 183 g/mol. The minimum Gasteiger partial charge on any atom is -0.261 e. The van der Waals surface area contributed by atoms with Crippen molar-refractivity contribution >= 4 is 0 Å². The van der Waals surface area contributed by atoms with Gasteiger partial charge in [-0.15, -0.1) is 0 Å². The molecule has 2 heterocycles. The van der Waals surface area contributed by atoms with Crippen molar-refractivity contribution in [2.75, 3.05) is 0 Å². The molecule has 0 atom stereocenters. The van der Waals surface area contributed by atoms with E-state index in [-0.39, 0.29) is 5.92 Å². The van der Waals surface area contributed by atoms with E-state index < -0.39 is 0 Å². The van der Waals surface area contributed by atoms with Crippen molar-refractivity contribution in [1.82, 2.24) is 9.97 Å². The first-order valence-corrected chi connectivity index (χ1v) is 4.53. The maximum absolute atomic E-state index is 4.25. The Labute approximate surface area is 83.7 Å². The van der Waals surface area contributed by atoms with Gasteiger partial charge < -0.3 is 0 Å². The Morgan fingerprint density at radius 2 is 1.36 bits per heavy atom. The van der Waals surface area contributed by atoms with Crippen molar-refractivity contribution in [3.8, 4) is 0 Å². The SMILES string of the molecule is [CH2]C(c1ccccn1)c1ccccn1. The summed E-state index contributed by atoms with van der Waals surface area (Å²) < 4.78 is 0. The molecule has 0 aliphatic rings. The summed E-state index contributed by atoms with van der Waals surface area (Å²) in [6, 6.07) is 11.6. The van der Waals surface area contributed by atoms with Gasteiger partial charge in [0.1, 0.15) is 0 Å². The summed E-state index contributed by atoms with van der Waals surface area (Å²) in [5.41, 5.74) is 1.90. The zero-order chi connectivity index (χ0) is 9.80. The van der Waals surface area contributed by atoms with Gasteiger partial charge in [-0.05, 0) is 31.2 Å². The highest BCUT2D eigenvalue weighted by molar-refractivity contribution is 5.23. The standard InChI is InChI=1S/C12H11N2/c1-10(11-6-2-4-8-13-11)12-7-3-5-9-14-12/h2-10H,1H2. The summed E-state index contributed by atoms with van der Waals surface area (Å²) in [7, 11) is 0. The van der Waals surface area contributed by atoms with Gasteiger partial charge in [0.15, 0.2) is 0 Å². The molecule has 0 N–H and O–H groups in total. The molecule has 0 aliphatic carbocycles. The van der Waals surface area contributed by atoms with E-state index in [2.05, 4.69) is 16.9 Å². The number of nitrogens with zero attached hydrogens (tertiary/aromatic N) is 2. The Bertz CT molecular complexity index is 344. The van der Waals surface area contributed by atoms with Crippen molar-refractivity contribution < 1.29 is 0 Å². The number of rotatable bonds is 2. The lowest BCUT2D eigenvalue weighted by Crippen LogP contribution is -2.00. The summed E-state index contributed by atoms with van der Waals surface area (Å²) in [5, 5.41) is 0. The van der Waals surface area contributed by atoms with Gasteiger partial charge >= 0.3 is 0 Å². The molecule has 14 heavy (non-hydrogen) atoms. The molecule has 0 aliphatic heterocycles. The smallest absolute Gasteiger partial charge is 0.0494 e. The molecule has 2 aromatic rings. The second-order valence-electron chi connectivity index (χ2n) is 3.06. The Morgan fingerprint density at radius 3 is 1.71 bits per heavy atom. The van der Waals surface area contributed by atoms with Crippen LogP contribution >= 0.6 is 0 Å². The maximum atomic E-state index is 4.25. The van der Waals surface area contributed by atoms with Crippen LogP contribution in [-0.4, -0.2) is 9.97 Å². The summed E-state index contributed by atoms with van der Waals surface area (Å²) in [4.78, 5) is 8.51. The lowest BCUT2D eigenvalue weighted by Gasteiger charge is -2.08. The molecule has 0 amide bonds. The molecule has 0 spiro atoms. The van der Waals surface area contributed by atoms with Crippen molar-refractivity contribution in [3.63, 3.8) is 0 Å². The highest BCUT2D eigenvalue weighted by Gasteiger charge is 2.09. The summed E-state index contributed by atoms with van der Waals surface area (Å²) in [6.07, 6.45) is 3.55. The maximum Gasteiger partial charge on any atom is 0.0494 e. The predicted molar refractivity (Wildman–Crippen MR) is 55.7 cm³/mol. The average molecular weight is 183 g/mol. The molecule has 0 aromatic carbocycles. The van der Waals surface area contributed by atoms with E-state index in [0.717, 1.165) is 11.4 Å². The predicted octanol–water partition coefficient (Wildman–Crippen LogP) is 2.44. The van der Waals surface area contributed by atoms with E-state index in [0.29, 0.717) is 0 Å². The second kappa shape index (κ2) is 4.01. The van der Waals surface area contributed by atoms with Gasteiger partial charge in [0.2, 0.25) is 0 Å². The van der Waals surface area contributed by atoms with Crippen LogP contribution in [0, 0.1) is 6.92 Å². The Hall–Kier alpha value is -1.70. The summed E-state index contributed by atoms with van der Waals surface area (Å²) in [5.74, 6) is 0.0115. The van der Waals surface area contributed by atoms with E-state index in [1.165, 1.54) is 0 Å². The molecular weight excluding hydrogens is 172 g/mol. The van der Waals surface area contributed by atoms with Crippen LogP contribution in [0.1, 0.15) is 17.3 Å². The molecule has 2 rings (SSSR count). The van der Waals surface area contributed by atoms with E-state index in [1.54, 1.807) is 12.4 Å². The molecular formula is C12H11N2. The molecule has 2 heteroatoms. The van der Waals surface area contributed by atoms with Crippen LogP contribution in [0.25, 0.3) is 0 Å². The molecule has 2 aromatic heterocycles. The van der Waals surface area contributed by atoms with Gasteiger partial charge in [-0.25, -0.2) is 0 Å². The van der Waals surface area contributed by atoms with E-state index in [1.807, 2.05) is 36.4 Å². The first-order valence-electron chi connectivity index (χ1n) is 4.53. The third-order valence-electron chi connectivity index (χ3n) is 2.09. The van der Waals surface area contributed by atoms with Gasteiger partial charge in [-0.1, -0.05) is 12.1 Å². The van der Waals surface area contributed by atoms with Crippen molar-refractivity contribution in [2.45, 2.75) is 5.92 Å². The molecule has 0 fully saturated rings. The van der Waals surface area contributed by atoms with Crippen LogP contribution in [0.2, 0.25) is 0 Å². The van der Waals surface area contributed by atoms with Gasteiger partial charge in [-0.2, -0.15) is 0 Å². The summed E-state index contributed by atoms with van der Waals surface area (Å²) in [6.45, 7) is 4.05. The highest BCUT2D eigenvalue weighted by Crippen LogP contribution is 2.18. The normalized spacial score (nSPS) is 10.4. The fourth-order valence-electron chi connectivity index (χ4n) is 1.32. The lowest BCUT2D eigenvalue weighted by molar-refractivity contribution is 0.903. The number of pyridine rings is 2. The van der Waals surface area contributed by atoms with Crippen LogP contribution in [0.15, 0.2) is 48.8 Å². The minimum atomic E-state index is 0.0115. The van der Waals surface area contributed by atoms with Crippen LogP contribution < -0.4 is 0 Å². The molecule has 0 saturated heterocycles. The molecule has 0 bridgehead atoms. The second-order valence-corrected chi connectivity index (χ2v) is 3.06. The topological polar surface area (TPSA) is 25.8 Å². The molecule has 1 radical (unpaired) electrons. The van der Waals surface area contributed by atoms with E-state index >= 15 is 0 Å². The van der Waals surface area contributed by atoms with Crippen LogP contribution in [0.4, 0.5) is 0 Å². The lowest BCUT2D eigenvalue weighted by atomic mass is 10.0. The van der Waals surface area contributed by atoms with E-state index in [4.69, 9.17) is 0 Å². The van der Waals surface area contributed by atoms with Gasteiger partial charge in [-0.3, -0.25) is 9.97 Å². The third-order valence-corrected chi connectivity index (χ3v) is 2.09. The Balaban J connectivity index is 2.30. The van der Waals surface area contributed by atoms with Gasteiger partial charge in [0.05, 0.1) is 0 Å². The van der Waals surface area contributed by atoms with Gasteiger partial charge in [0, 0.05) is 29.7 Å². The highest BCUT2D eigenvalue weighted by atomic mass is 14.7. The fraction of sp³-hybridized carbons (Fsp3) is 0.0833. The van der Waals surface area contributed by atoms with Crippen molar-refractivity contribution in [2.24, 2.45) is 0 Å². The summed E-state index contributed by atoms with van der Waals surface area (Å²) >= 11 is 0. The molecule has 69 valence electrons. The first-order chi connectivity index (χ1) is 6.88. The zero-order valence-corrected chi connectivity index (χ0v) is 7.80. The van der Waals surface area contributed by atoms with Crippen LogP contribution in [0.3, 0.4) is 0 Å². The fourth-order valence-corrected chi connectivity index (χ4v) is 1.32. The minimum absolute atomic E-state index is 0.0115. The average Bonchev–Trinajstić information content (AvgIpc) is 2.30. The Morgan fingerprint density at radius 1 is 0.857 bits per heavy atom. The molecule has 0 unspecified atom stereocenters. The van der Waals surface area contributed by atoms with Crippen LogP contribution in [-0.2, 0) is 0 Å². The van der Waals surface area contributed by atoms with E-state index in [9.17, 15) is 0 Å². The number of hydrogen-bond acceptors (Lipinski definition) is 2. The molecule has 2 nitrogen and oxygen atoms in total. The third kappa shape index (κ3) is 1.79. The molecule has 0 saturated carbocycles. The first kappa shape index (κ1) is 8.88. The number of aromatic nitrogens is 2. The number of hydrogen-bond donors (Lipinski definition) is 0. The quantitative estimate of drug-likeness (QED) is 0.714. The van der Waals surface area contributed by atoms with Crippen molar-refractivity contribution in [1.29, 1.82) is 0 Å². The Kier molecular flexibility index (Phi) is 2.54. The van der Waals surface area contributed by atoms with Crippen LogP contribution in [0.5, 0.6) is 0 Å².